The maximum Gasteiger partial charge on any atom is 0.270 e. The van der Waals surface area contributed by atoms with E-state index in [0.717, 1.165) is 11.1 Å². The summed E-state index contributed by atoms with van der Waals surface area (Å²) in [5, 5.41) is 2.83. The molecule has 0 saturated heterocycles. The lowest BCUT2D eigenvalue weighted by Gasteiger charge is -2.05. The summed E-state index contributed by atoms with van der Waals surface area (Å²) >= 11 is 0. The van der Waals surface area contributed by atoms with E-state index in [1.54, 1.807) is 18.5 Å². The van der Waals surface area contributed by atoms with Crippen molar-refractivity contribution < 1.29 is 4.79 Å². The highest BCUT2D eigenvalue weighted by Gasteiger charge is 2.06. The molecule has 0 atom stereocenters. The summed E-state index contributed by atoms with van der Waals surface area (Å²) in [7, 11) is 0. The van der Waals surface area contributed by atoms with Crippen LogP contribution in [0.1, 0.15) is 16.1 Å². The van der Waals surface area contributed by atoms with Gasteiger partial charge in [-0.1, -0.05) is 18.2 Å². The van der Waals surface area contributed by atoms with Gasteiger partial charge in [0.15, 0.2) is 0 Å². The number of carbonyl (C=O) groups excluding carboxylic acids is 1. The van der Waals surface area contributed by atoms with Crippen molar-refractivity contribution in [2.75, 3.05) is 13.1 Å². The molecule has 1 amide bonds. The highest BCUT2D eigenvalue weighted by atomic mass is 16.1. The van der Waals surface area contributed by atoms with E-state index < -0.39 is 0 Å². The molecule has 0 radical (unpaired) electrons. The lowest BCUT2D eigenvalue weighted by Crippen LogP contribution is -2.26. The zero-order valence-corrected chi connectivity index (χ0v) is 10.3. The Morgan fingerprint density at radius 1 is 1.44 bits per heavy atom. The van der Waals surface area contributed by atoms with Crippen LogP contribution in [0.25, 0.3) is 0 Å². The topological polar surface area (TPSA) is 54.4 Å². The molecule has 92 valence electrons. The molecule has 2 rings (SSSR count). The molecule has 1 N–H and O–H groups in total. The van der Waals surface area contributed by atoms with Gasteiger partial charge in [-0.15, -0.1) is 0 Å². The summed E-state index contributed by atoms with van der Waals surface area (Å²) in [5.74, 6) is -0.162. The number of aliphatic imine (C=N–C) groups is 1. The highest BCUT2D eigenvalue weighted by molar-refractivity contribution is 5.92. The maximum atomic E-state index is 11.8. The van der Waals surface area contributed by atoms with E-state index >= 15 is 0 Å². The van der Waals surface area contributed by atoms with Crippen LogP contribution >= 0.6 is 0 Å². The van der Waals surface area contributed by atoms with E-state index in [-0.39, 0.29) is 5.91 Å². The highest BCUT2D eigenvalue weighted by Crippen LogP contribution is 2.01. The Morgan fingerprint density at radius 2 is 2.33 bits per heavy atom. The van der Waals surface area contributed by atoms with Crippen LogP contribution in [0.15, 0.2) is 47.1 Å². The van der Waals surface area contributed by atoms with Crippen molar-refractivity contribution in [3.63, 3.8) is 0 Å². The molecule has 0 fully saturated rings. The first-order chi connectivity index (χ1) is 8.75. The average molecular weight is 241 g/mol. The molecule has 1 aromatic heterocycles. The monoisotopic (exact) mass is 241 g/mol. The van der Waals surface area contributed by atoms with E-state index in [9.17, 15) is 4.79 Å². The van der Waals surface area contributed by atoms with Crippen LogP contribution < -0.4 is 5.32 Å². The average Bonchev–Trinajstić information content (AvgIpc) is 2.65. The molecular weight excluding hydrogens is 226 g/mol. The number of nitrogens with zero attached hydrogens (tertiary/aromatic N) is 2. The number of hydrogen-bond donors (Lipinski definition) is 1. The Labute approximate surface area is 106 Å². The smallest absolute Gasteiger partial charge is 0.270 e. The summed E-state index contributed by atoms with van der Waals surface area (Å²) in [6.07, 6.45) is 9.27. The molecule has 1 aliphatic rings. The van der Waals surface area contributed by atoms with Crippen LogP contribution in [-0.4, -0.2) is 30.2 Å². The normalized spacial score (nSPS) is 13.9. The number of amides is 1. The van der Waals surface area contributed by atoms with Gasteiger partial charge in [0.2, 0.25) is 0 Å². The molecule has 0 unspecified atom stereocenters. The Bertz CT molecular complexity index is 512. The number of rotatable bonds is 3. The minimum absolute atomic E-state index is 0.162. The van der Waals surface area contributed by atoms with E-state index in [1.165, 1.54) is 0 Å². The van der Waals surface area contributed by atoms with Crippen LogP contribution in [0, 0.1) is 6.92 Å². The van der Waals surface area contributed by atoms with Crippen molar-refractivity contribution in [1.82, 2.24) is 10.3 Å². The lowest BCUT2D eigenvalue weighted by molar-refractivity contribution is 0.0952. The largest absolute Gasteiger partial charge is 0.347 e. The number of nitrogens with one attached hydrogen (secondary N) is 1. The van der Waals surface area contributed by atoms with Crippen LogP contribution in [0.3, 0.4) is 0 Å². The van der Waals surface area contributed by atoms with Gasteiger partial charge in [0.05, 0.1) is 6.54 Å². The van der Waals surface area contributed by atoms with Crippen LogP contribution in [0.2, 0.25) is 0 Å². The van der Waals surface area contributed by atoms with Gasteiger partial charge in [-0.05, 0) is 30.2 Å². The van der Waals surface area contributed by atoms with Crippen molar-refractivity contribution in [3.05, 3.63) is 53.4 Å². The summed E-state index contributed by atoms with van der Waals surface area (Å²) in [6.45, 7) is 3.11. The second-order valence-corrected chi connectivity index (χ2v) is 4.06. The van der Waals surface area contributed by atoms with E-state index in [4.69, 9.17) is 0 Å². The predicted molar refractivity (Wildman–Crippen MR) is 71.9 cm³/mol. The Kier molecular flexibility index (Phi) is 4.02. The van der Waals surface area contributed by atoms with Gasteiger partial charge in [-0.2, -0.15) is 0 Å². The van der Waals surface area contributed by atoms with Crippen LogP contribution in [0.5, 0.6) is 0 Å². The maximum absolute atomic E-state index is 11.8. The molecule has 0 saturated carbocycles. The Balaban J connectivity index is 1.94. The fourth-order valence-corrected chi connectivity index (χ4v) is 1.52. The van der Waals surface area contributed by atoms with E-state index in [0.29, 0.717) is 18.8 Å². The number of aryl methyl sites for hydroxylation is 1. The van der Waals surface area contributed by atoms with Crippen LogP contribution in [0.4, 0.5) is 0 Å². The molecular formula is C14H15N3O. The zero-order valence-electron chi connectivity index (χ0n) is 10.3. The Hall–Kier alpha value is -2.23. The third-order valence-corrected chi connectivity index (χ3v) is 2.53. The molecule has 0 spiro atoms. The standard InChI is InChI=1S/C14H15N3O/c1-11-4-5-13(16-9-11)14(18)17-10-12-3-2-7-15-8-6-12/h2-6,8-9H,7,10H2,1H3,(H,17,18). The van der Waals surface area contributed by atoms with Gasteiger partial charge >= 0.3 is 0 Å². The molecule has 0 aliphatic carbocycles. The van der Waals surface area contributed by atoms with E-state index in [1.807, 2.05) is 31.2 Å². The lowest BCUT2D eigenvalue weighted by atomic mass is 10.2. The van der Waals surface area contributed by atoms with Gasteiger partial charge in [0.25, 0.3) is 5.91 Å². The minimum atomic E-state index is -0.162. The molecule has 18 heavy (non-hydrogen) atoms. The number of hydrogen-bond acceptors (Lipinski definition) is 3. The first-order valence-corrected chi connectivity index (χ1v) is 5.82. The van der Waals surface area contributed by atoms with Gasteiger partial charge in [0, 0.05) is 19.0 Å². The molecule has 1 aliphatic heterocycles. The SMILES string of the molecule is Cc1ccc(C(=O)NCC2=CC=NCC=C2)nc1. The first-order valence-electron chi connectivity index (χ1n) is 5.82. The number of pyridine rings is 1. The molecule has 4 heteroatoms. The fourth-order valence-electron chi connectivity index (χ4n) is 1.52. The van der Waals surface area contributed by atoms with Gasteiger partial charge in [-0.25, -0.2) is 0 Å². The van der Waals surface area contributed by atoms with Crippen molar-refractivity contribution >= 4 is 12.1 Å². The second-order valence-electron chi connectivity index (χ2n) is 4.06. The zero-order chi connectivity index (χ0) is 12.8. The van der Waals surface area contributed by atoms with Gasteiger partial charge in [0.1, 0.15) is 5.69 Å². The third kappa shape index (κ3) is 3.38. The molecule has 0 aromatic carbocycles. The molecule has 2 heterocycles. The first kappa shape index (κ1) is 12.2. The van der Waals surface area contributed by atoms with Crippen molar-refractivity contribution in [3.8, 4) is 0 Å². The summed E-state index contributed by atoms with van der Waals surface area (Å²) in [6, 6.07) is 3.60. The molecule has 1 aromatic rings. The van der Waals surface area contributed by atoms with Gasteiger partial charge < -0.3 is 5.32 Å². The van der Waals surface area contributed by atoms with Crippen molar-refractivity contribution in [2.24, 2.45) is 4.99 Å². The summed E-state index contributed by atoms with van der Waals surface area (Å²) < 4.78 is 0. The second kappa shape index (κ2) is 5.91. The predicted octanol–water partition coefficient (Wildman–Crippen LogP) is 1.69. The quantitative estimate of drug-likeness (QED) is 0.875. The molecule has 0 bridgehead atoms. The Morgan fingerprint density at radius 3 is 3.11 bits per heavy atom. The minimum Gasteiger partial charge on any atom is -0.347 e. The van der Waals surface area contributed by atoms with Crippen molar-refractivity contribution in [2.45, 2.75) is 6.92 Å². The van der Waals surface area contributed by atoms with Crippen molar-refractivity contribution in [1.29, 1.82) is 0 Å². The summed E-state index contributed by atoms with van der Waals surface area (Å²) in [4.78, 5) is 20.0. The molecule has 4 nitrogen and oxygen atoms in total. The summed E-state index contributed by atoms with van der Waals surface area (Å²) in [5.41, 5.74) is 2.50. The van der Waals surface area contributed by atoms with Crippen LogP contribution in [-0.2, 0) is 0 Å². The third-order valence-electron chi connectivity index (χ3n) is 2.53. The number of aromatic nitrogens is 1. The fraction of sp³-hybridized carbons (Fsp3) is 0.214. The number of allylic oxidation sites excluding steroid dienone is 1. The van der Waals surface area contributed by atoms with E-state index in [2.05, 4.69) is 15.3 Å². The van der Waals surface area contributed by atoms with Gasteiger partial charge in [-0.3, -0.25) is 14.8 Å². The number of carbonyl (C=O) groups is 1.